The maximum atomic E-state index is 12.3. The third-order valence-electron chi connectivity index (χ3n) is 4.57. The van der Waals surface area contributed by atoms with Gasteiger partial charge in [-0.3, -0.25) is 10.3 Å². The van der Waals surface area contributed by atoms with Crippen LogP contribution in [0.15, 0.2) is 48.8 Å². The highest BCUT2D eigenvalue weighted by molar-refractivity contribution is 6.42. The highest BCUT2D eigenvalue weighted by Crippen LogP contribution is 2.35. The molecule has 1 aliphatic rings. The van der Waals surface area contributed by atoms with Crippen molar-refractivity contribution in [2.24, 2.45) is 0 Å². The van der Waals surface area contributed by atoms with Crippen LogP contribution < -0.4 is 10.6 Å². The number of carbonyl (C=O) groups excluding carboxylic acids is 1. The molecule has 2 amide bonds. The number of hydrogen-bond donors (Lipinski definition) is 3. The van der Waals surface area contributed by atoms with Crippen LogP contribution >= 0.6 is 23.2 Å². The van der Waals surface area contributed by atoms with Gasteiger partial charge in [-0.05, 0) is 43.2 Å². The second kappa shape index (κ2) is 7.38. The molecule has 29 heavy (non-hydrogen) atoms. The molecule has 148 valence electrons. The van der Waals surface area contributed by atoms with Crippen molar-refractivity contribution in [2.45, 2.75) is 18.4 Å². The lowest BCUT2D eigenvalue weighted by Crippen LogP contribution is -2.45. The molecule has 0 saturated heterocycles. The zero-order valence-electron chi connectivity index (χ0n) is 14.9. The molecule has 0 radical (unpaired) electrons. The van der Waals surface area contributed by atoms with Gasteiger partial charge in [0.2, 0.25) is 0 Å². The molecule has 1 aromatic carbocycles. The molecule has 2 heterocycles. The number of rotatable bonds is 5. The number of carboxylic acid groups (broad SMARTS) is 1. The number of aliphatic carboxylic acids is 1. The fourth-order valence-electron chi connectivity index (χ4n) is 2.86. The van der Waals surface area contributed by atoms with Crippen molar-refractivity contribution >= 4 is 41.0 Å². The second-order valence-corrected chi connectivity index (χ2v) is 7.45. The van der Waals surface area contributed by atoms with E-state index in [4.69, 9.17) is 23.2 Å². The van der Waals surface area contributed by atoms with Gasteiger partial charge in [-0.15, -0.1) is 5.10 Å². The van der Waals surface area contributed by atoms with Crippen molar-refractivity contribution < 1.29 is 14.7 Å². The van der Waals surface area contributed by atoms with Gasteiger partial charge in [0, 0.05) is 24.0 Å². The van der Waals surface area contributed by atoms with Gasteiger partial charge in [0.1, 0.15) is 5.54 Å². The minimum absolute atomic E-state index is 0.244. The summed E-state index contributed by atoms with van der Waals surface area (Å²) in [4.78, 5) is 27.7. The molecule has 4 rings (SSSR count). The SMILES string of the molecule is O=C(Nc1cc(-c2cccnc2)n(-c2ccc(Cl)c(Cl)c2)n1)NC1(C(=O)O)CC1. The maximum absolute atomic E-state index is 12.3. The summed E-state index contributed by atoms with van der Waals surface area (Å²) in [5, 5.41) is 19.5. The molecular formula is C19H15Cl2N5O3. The summed E-state index contributed by atoms with van der Waals surface area (Å²) in [6.45, 7) is 0. The van der Waals surface area contributed by atoms with Gasteiger partial charge in [-0.2, -0.15) is 0 Å². The zero-order valence-corrected chi connectivity index (χ0v) is 16.4. The van der Waals surface area contributed by atoms with Crippen LogP contribution in [0, 0.1) is 0 Å². The van der Waals surface area contributed by atoms with Crippen LogP contribution in [0.4, 0.5) is 10.6 Å². The van der Waals surface area contributed by atoms with Gasteiger partial charge in [0.25, 0.3) is 0 Å². The minimum Gasteiger partial charge on any atom is -0.480 e. The first-order chi connectivity index (χ1) is 13.9. The summed E-state index contributed by atoms with van der Waals surface area (Å²) in [7, 11) is 0. The fourth-order valence-corrected chi connectivity index (χ4v) is 3.15. The van der Waals surface area contributed by atoms with Gasteiger partial charge in [0.05, 0.1) is 21.4 Å². The largest absolute Gasteiger partial charge is 0.480 e. The van der Waals surface area contributed by atoms with Crippen molar-refractivity contribution in [1.82, 2.24) is 20.1 Å². The number of benzene rings is 1. The summed E-state index contributed by atoms with van der Waals surface area (Å²) in [5.74, 6) is -0.807. The molecule has 1 fully saturated rings. The van der Waals surface area contributed by atoms with Crippen molar-refractivity contribution in [3.63, 3.8) is 0 Å². The molecule has 0 spiro atoms. The summed E-state index contributed by atoms with van der Waals surface area (Å²) < 4.78 is 1.60. The lowest BCUT2D eigenvalue weighted by molar-refractivity contribution is -0.140. The van der Waals surface area contributed by atoms with E-state index in [9.17, 15) is 14.7 Å². The first-order valence-corrected chi connectivity index (χ1v) is 9.42. The van der Waals surface area contributed by atoms with Crippen LogP contribution in [0.2, 0.25) is 10.0 Å². The fraction of sp³-hybridized carbons (Fsp3) is 0.158. The van der Waals surface area contributed by atoms with Crippen molar-refractivity contribution in [2.75, 3.05) is 5.32 Å². The second-order valence-electron chi connectivity index (χ2n) is 6.63. The Kier molecular flexibility index (Phi) is 4.89. The van der Waals surface area contributed by atoms with Gasteiger partial charge in [-0.25, -0.2) is 14.3 Å². The van der Waals surface area contributed by atoms with E-state index in [1.165, 1.54) is 0 Å². The first-order valence-electron chi connectivity index (χ1n) is 8.66. The number of anilines is 1. The third-order valence-corrected chi connectivity index (χ3v) is 5.31. The molecule has 0 unspecified atom stereocenters. The Labute approximate surface area is 175 Å². The Hall–Kier alpha value is -3.10. The number of urea groups is 1. The Bertz CT molecular complexity index is 1100. The molecule has 0 atom stereocenters. The van der Waals surface area contributed by atoms with Crippen LogP contribution in [0.5, 0.6) is 0 Å². The quantitative estimate of drug-likeness (QED) is 0.565. The summed E-state index contributed by atoms with van der Waals surface area (Å²) in [6.07, 6.45) is 4.11. The summed E-state index contributed by atoms with van der Waals surface area (Å²) in [6, 6.07) is 9.72. The molecule has 2 aromatic heterocycles. The van der Waals surface area contributed by atoms with E-state index in [-0.39, 0.29) is 5.82 Å². The standard InChI is InChI=1S/C19H15Cl2N5O3/c20-13-4-3-12(8-14(13)21)26-15(11-2-1-7-22-10-11)9-16(25-26)23-18(29)24-19(5-6-19)17(27)28/h1-4,7-10H,5-6H2,(H,27,28)(H2,23,24,25,29). The Morgan fingerprint density at radius 2 is 1.93 bits per heavy atom. The van der Waals surface area contributed by atoms with Crippen LogP contribution in [0.3, 0.4) is 0 Å². The smallest absolute Gasteiger partial charge is 0.329 e. The van der Waals surface area contributed by atoms with Gasteiger partial charge in [-0.1, -0.05) is 23.2 Å². The maximum Gasteiger partial charge on any atom is 0.329 e. The molecule has 3 aromatic rings. The van der Waals surface area contributed by atoms with Crippen LogP contribution in [0.1, 0.15) is 12.8 Å². The zero-order chi connectivity index (χ0) is 20.6. The highest BCUT2D eigenvalue weighted by atomic mass is 35.5. The van der Waals surface area contributed by atoms with Crippen LogP contribution in [-0.2, 0) is 4.79 Å². The van der Waals surface area contributed by atoms with Crippen LogP contribution in [-0.4, -0.2) is 37.4 Å². The van der Waals surface area contributed by atoms with Crippen molar-refractivity contribution in [3.8, 4) is 16.9 Å². The molecule has 0 aliphatic heterocycles. The molecular weight excluding hydrogens is 417 g/mol. The lowest BCUT2D eigenvalue weighted by Gasteiger charge is -2.12. The monoisotopic (exact) mass is 431 g/mol. The number of carboxylic acids is 1. The van der Waals surface area contributed by atoms with Gasteiger partial charge >= 0.3 is 12.0 Å². The normalized spacial score (nSPS) is 14.3. The number of halogens is 2. The lowest BCUT2D eigenvalue weighted by atomic mass is 10.2. The predicted octanol–water partition coefficient (Wildman–Crippen LogP) is 3.98. The molecule has 1 saturated carbocycles. The molecule has 1 aliphatic carbocycles. The van der Waals surface area contributed by atoms with E-state index >= 15 is 0 Å². The predicted molar refractivity (Wildman–Crippen MR) is 109 cm³/mol. The highest BCUT2D eigenvalue weighted by Gasteiger charge is 2.51. The number of pyridine rings is 1. The molecule has 0 bridgehead atoms. The average Bonchev–Trinajstić information content (AvgIpc) is 3.36. The Morgan fingerprint density at radius 1 is 1.14 bits per heavy atom. The summed E-state index contributed by atoms with van der Waals surface area (Å²) in [5.41, 5.74) is 0.869. The van der Waals surface area contributed by atoms with Gasteiger partial charge in [0.15, 0.2) is 5.82 Å². The third kappa shape index (κ3) is 3.90. The number of hydrogen-bond acceptors (Lipinski definition) is 4. The summed E-state index contributed by atoms with van der Waals surface area (Å²) >= 11 is 12.1. The van der Waals surface area contributed by atoms with Crippen molar-refractivity contribution in [1.29, 1.82) is 0 Å². The van der Waals surface area contributed by atoms with Gasteiger partial charge < -0.3 is 10.4 Å². The average molecular weight is 432 g/mol. The topological polar surface area (TPSA) is 109 Å². The van der Waals surface area contributed by atoms with E-state index in [1.807, 2.05) is 6.07 Å². The Balaban J connectivity index is 1.67. The number of nitrogens with zero attached hydrogens (tertiary/aromatic N) is 3. The van der Waals surface area contributed by atoms with E-state index in [0.29, 0.717) is 34.3 Å². The minimum atomic E-state index is -1.19. The van der Waals surface area contributed by atoms with Crippen molar-refractivity contribution in [3.05, 3.63) is 58.8 Å². The van der Waals surface area contributed by atoms with E-state index < -0.39 is 17.5 Å². The van der Waals surface area contributed by atoms with E-state index in [0.717, 1.165) is 5.56 Å². The Morgan fingerprint density at radius 3 is 2.55 bits per heavy atom. The molecule has 10 heteroatoms. The van der Waals surface area contributed by atoms with E-state index in [2.05, 4.69) is 20.7 Å². The molecule has 8 nitrogen and oxygen atoms in total. The number of amides is 2. The number of carbonyl (C=O) groups is 2. The first kappa shape index (κ1) is 19.2. The number of aromatic nitrogens is 3. The number of nitrogens with one attached hydrogen (secondary N) is 2. The van der Waals surface area contributed by atoms with E-state index in [1.54, 1.807) is 47.4 Å². The molecule has 3 N–H and O–H groups in total. The van der Waals surface area contributed by atoms with Crippen LogP contribution in [0.25, 0.3) is 16.9 Å².